The third-order valence-corrected chi connectivity index (χ3v) is 6.62. The topological polar surface area (TPSA) is 78.5 Å². The number of hydrogen-bond donors (Lipinski definition) is 2. The maximum atomic E-state index is 12.9. The number of hydrogen-bond acceptors (Lipinski definition) is 4. The van der Waals surface area contributed by atoms with E-state index >= 15 is 0 Å². The monoisotopic (exact) mass is 455 g/mol. The van der Waals surface area contributed by atoms with E-state index in [1.54, 1.807) is 0 Å². The van der Waals surface area contributed by atoms with Crippen LogP contribution in [0.25, 0.3) is 0 Å². The summed E-state index contributed by atoms with van der Waals surface area (Å²) in [6, 6.07) is 2.80. The van der Waals surface area contributed by atoms with Crippen LogP contribution < -0.4 is 10.0 Å². The number of benzene rings is 1. The molecule has 1 aliphatic heterocycles. The van der Waals surface area contributed by atoms with Gasteiger partial charge in [-0.25, -0.2) is 13.1 Å². The van der Waals surface area contributed by atoms with Crippen LogP contribution in [0.3, 0.4) is 0 Å². The summed E-state index contributed by atoms with van der Waals surface area (Å²) in [7, 11) is -4.20. The highest BCUT2D eigenvalue weighted by Gasteiger charge is 2.34. The third kappa shape index (κ3) is 6.84. The Labute approximate surface area is 173 Å². The Hall–Kier alpha value is -1.36. The Morgan fingerprint density at radius 1 is 1.34 bits per heavy atom. The van der Waals surface area contributed by atoms with E-state index in [0.717, 1.165) is 31.6 Å². The van der Waals surface area contributed by atoms with Gasteiger partial charge in [0.15, 0.2) is 0 Å². The van der Waals surface area contributed by atoms with Gasteiger partial charge in [-0.1, -0.05) is 11.6 Å². The highest BCUT2D eigenvalue weighted by Crippen LogP contribution is 2.35. The molecule has 0 aromatic heterocycles. The lowest BCUT2D eigenvalue weighted by molar-refractivity contribution is -0.137. The molecule has 29 heavy (non-hydrogen) atoms. The average molecular weight is 456 g/mol. The molecule has 1 unspecified atom stereocenters. The third-order valence-electron chi connectivity index (χ3n) is 4.83. The zero-order valence-electron chi connectivity index (χ0n) is 16.2. The summed E-state index contributed by atoms with van der Waals surface area (Å²) in [4.78, 5) is 13.7. The van der Waals surface area contributed by atoms with E-state index in [4.69, 9.17) is 11.6 Å². The van der Waals surface area contributed by atoms with E-state index in [0.29, 0.717) is 24.6 Å². The summed E-state index contributed by atoms with van der Waals surface area (Å²) >= 11 is 5.50. The minimum absolute atomic E-state index is 0.112. The van der Waals surface area contributed by atoms with Crippen LogP contribution in [0.2, 0.25) is 5.02 Å². The molecule has 1 atom stereocenters. The lowest BCUT2D eigenvalue weighted by Crippen LogP contribution is -2.35. The standard InChI is InChI=1S/C18H25ClF3N3O3S/c1-12(2)25-8-6-13(11-25)10-23-17(26)5-7-24-29(27,28)14-3-4-16(19)15(9-14)18(20,21)22/h3-4,9,12-13,24H,5-8,10-11H2,1-2H3,(H,23,26). The van der Waals surface area contributed by atoms with Crippen LogP contribution in [-0.2, 0) is 21.0 Å². The van der Waals surface area contributed by atoms with Crippen LogP contribution in [0.5, 0.6) is 0 Å². The quantitative estimate of drug-likeness (QED) is 0.631. The van der Waals surface area contributed by atoms with Crippen molar-refractivity contribution in [2.45, 2.75) is 43.8 Å². The van der Waals surface area contributed by atoms with E-state index in [2.05, 4.69) is 28.8 Å². The van der Waals surface area contributed by atoms with Crippen molar-refractivity contribution in [3.63, 3.8) is 0 Å². The fraction of sp³-hybridized carbons (Fsp3) is 0.611. The molecule has 0 saturated carbocycles. The van der Waals surface area contributed by atoms with Gasteiger partial charge in [0.2, 0.25) is 15.9 Å². The Morgan fingerprint density at radius 2 is 2.03 bits per heavy atom. The molecule has 1 aromatic carbocycles. The molecule has 0 radical (unpaired) electrons. The summed E-state index contributed by atoms with van der Waals surface area (Å²) in [5.74, 6) is 0.0377. The van der Waals surface area contributed by atoms with Gasteiger partial charge in [-0.2, -0.15) is 13.2 Å². The van der Waals surface area contributed by atoms with Gasteiger partial charge in [-0.3, -0.25) is 4.79 Å². The van der Waals surface area contributed by atoms with Crippen molar-refractivity contribution in [1.82, 2.24) is 14.9 Å². The van der Waals surface area contributed by atoms with Gasteiger partial charge in [0.1, 0.15) is 0 Å². The van der Waals surface area contributed by atoms with Crippen molar-refractivity contribution in [1.29, 1.82) is 0 Å². The molecule has 1 saturated heterocycles. The predicted molar refractivity (Wildman–Crippen MR) is 104 cm³/mol. The van der Waals surface area contributed by atoms with Crippen molar-refractivity contribution < 1.29 is 26.4 Å². The highest BCUT2D eigenvalue weighted by molar-refractivity contribution is 7.89. The Bertz CT molecular complexity index is 831. The van der Waals surface area contributed by atoms with Crippen molar-refractivity contribution in [2.24, 2.45) is 5.92 Å². The Balaban J connectivity index is 1.83. The van der Waals surface area contributed by atoms with E-state index in [1.807, 2.05) is 0 Å². The van der Waals surface area contributed by atoms with Crippen LogP contribution in [0.4, 0.5) is 13.2 Å². The number of rotatable bonds is 8. The second-order valence-electron chi connectivity index (χ2n) is 7.33. The van der Waals surface area contributed by atoms with Crippen LogP contribution in [-0.4, -0.2) is 51.4 Å². The molecule has 11 heteroatoms. The minimum Gasteiger partial charge on any atom is -0.356 e. The number of likely N-dealkylation sites (tertiary alicyclic amines) is 1. The molecule has 1 aromatic rings. The van der Waals surface area contributed by atoms with Crippen LogP contribution >= 0.6 is 11.6 Å². The van der Waals surface area contributed by atoms with Crippen molar-refractivity contribution in [2.75, 3.05) is 26.2 Å². The molecular weight excluding hydrogens is 431 g/mol. The number of halogens is 4. The smallest absolute Gasteiger partial charge is 0.356 e. The van der Waals surface area contributed by atoms with Gasteiger partial charge in [0, 0.05) is 32.1 Å². The largest absolute Gasteiger partial charge is 0.417 e. The second kappa shape index (κ2) is 9.63. The van der Waals surface area contributed by atoms with Gasteiger partial charge in [0.25, 0.3) is 0 Å². The average Bonchev–Trinajstić information content (AvgIpc) is 3.08. The number of nitrogens with one attached hydrogen (secondary N) is 2. The zero-order chi connectivity index (χ0) is 21.8. The summed E-state index contributed by atoms with van der Waals surface area (Å²) < 4.78 is 65.3. The molecule has 1 amide bonds. The van der Waals surface area contributed by atoms with E-state index < -0.39 is 31.7 Å². The number of nitrogens with zero attached hydrogens (tertiary/aromatic N) is 1. The molecule has 1 heterocycles. The van der Waals surface area contributed by atoms with Crippen molar-refractivity contribution in [3.8, 4) is 0 Å². The molecular formula is C18H25ClF3N3O3S. The number of sulfonamides is 1. The first-order valence-corrected chi connectivity index (χ1v) is 11.1. The Kier molecular flexibility index (Phi) is 7.94. The zero-order valence-corrected chi connectivity index (χ0v) is 17.8. The number of alkyl halides is 3. The first kappa shape index (κ1) is 23.9. The van der Waals surface area contributed by atoms with Gasteiger partial charge < -0.3 is 10.2 Å². The van der Waals surface area contributed by atoms with Gasteiger partial charge in [-0.05, 0) is 50.9 Å². The molecule has 0 aliphatic carbocycles. The number of carbonyl (C=O) groups excluding carboxylic acids is 1. The van der Waals surface area contributed by atoms with E-state index in [1.165, 1.54) is 0 Å². The summed E-state index contributed by atoms with van der Waals surface area (Å²) in [5.41, 5.74) is -1.23. The minimum atomic E-state index is -4.77. The molecule has 6 nitrogen and oxygen atoms in total. The van der Waals surface area contributed by atoms with Gasteiger partial charge >= 0.3 is 6.18 Å². The molecule has 0 bridgehead atoms. The second-order valence-corrected chi connectivity index (χ2v) is 9.51. The molecule has 1 fully saturated rings. The summed E-state index contributed by atoms with van der Waals surface area (Å²) in [6.45, 7) is 6.42. The molecule has 2 rings (SSSR count). The first-order chi connectivity index (χ1) is 13.4. The maximum absolute atomic E-state index is 12.9. The lowest BCUT2D eigenvalue weighted by atomic mass is 10.1. The number of amides is 1. The van der Waals surface area contributed by atoms with E-state index in [-0.39, 0.29) is 18.9 Å². The Morgan fingerprint density at radius 3 is 2.62 bits per heavy atom. The van der Waals surface area contributed by atoms with Gasteiger partial charge in [-0.15, -0.1) is 0 Å². The summed E-state index contributed by atoms with van der Waals surface area (Å²) in [5, 5.41) is 2.20. The van der Waals surface area contributed by atoms with Crippen LogP contribution in [0, 0.1) is 5.92 Å². The predicted octanol–water partition coefficient (Wildman–Crippen LogP) is 2.87. The fourth-order valence-electron chi connectivity index (χ4n) is 3.12. The van der Waals surface area contributed by atoms with Crippen molar-refractivity contribution in [3.05, 3.63) is 28.8 Å². The first-order valence-electron chi connectivity index (χ1n) is 9.27. The molecule has 2 N–H and O–H groups in total. The molecule has 1 aliphatic rings. The number of carbonyl (C=O) groups is 1. The normalized spacial score (nSPS) is 18.4. The van der Waals surface area contributed by atoms with Gasteiger partial charge in [0.05, 0.1) is 15.5 Å². The molecule has 0 spiro atoms. The lowest BCUT2D eigenvalue weighted by Gasteiger charge is -2.20. The van der Waals surface area contributed by atoms with Crippen molar-refractivity contribution >= 4 is 27.5 Å². The fourth-order valence-corrected chi connectivity index (χ4v) is 4.40. The van der Waals surface area contributed by atoms with E-state index in [9.17, 15) is 26.4 Å². The van der Waals surface area contributed by atoms with Crippen LogP contribution in [0.1, 0.15) is 32.3 Å². The maximum Gasteiger partial charge on any atom is 0.417 e. The SMILES string of the molecule is CC(C)N1CCC(CNC(=O)CCNS(=O)(=O)c2ccc(Cl)c(C(F)(F)F)c2)C1. The highest BCUT2D eigenvalue weighted by atomic mass is 35.5. The van der Waals surface area contributed by atoms with Crippen LogP contribution in [0.15, 0.2) is 23.1 Å². The molecule has 164 valence electrons. The summed E-state index contributed by atoms with van der Waals surface area (Å²) in [6.07, 6.45) is -3.89.